The van der Waals surface area contributed by atoms with Gasteiger partial charge in [-0.15, -0.1) is 0 Å². The lowest BCUT2D eigenvalue weighted by Crippen LogP contribution is -2.38. The van der Waals surface area contributed by atoms with Crippen molar-refractivity contribution in [3.05, 3.63) is 28.3 Å². The zero-order chi connectivity index (χ0) is 16.8. The van der Waals surface area contributed by atoms with Gasteiger partial charge in [-0.3, -0.25) is 14.9 Å². The van der Waals surface area contributed by atoms with Gasteiger partial charge in [0, 0.05) is 17.7 Å². The fourth-order valence-electron chi connectivity index (χ4n) is 2.65. The van der Waals surface area contributed by atoms with Crippen LogP contribution >= 0.6 is 12.2 Å². The van der Waals surface area contributed by atoms with Crippen molar-refractivity contribution in [3.63, 3.8) is 0 Å². The minimum absolute atomic E-state index is 0.00583. The first-order chi connectivity index (χ1) is 11.0. The van der Waals surface area contributed by atoms with Crippen LogP contribution in [0.1, 0.15) is 32.1 Å². The summed E-state index contributed by atoms with van der Waals surface area (Å²) in [6.45, 7) is 0. The highest BCUT2D eigenvalue weighted by molar-refractivity contribution is 7.80. The predicted octanol–water partition coefficient (Wildman–Crippen LogP) is 3.00. The van der Waals surface area contributed by atoms with Crippen LogP contribution in [0.25, 0.3) is 0 Å². The third-order valence-electron chi connectivity index (χ3n) is 3.85. The quantitative estimate of drug-likeness (QED) is 0.498. The molecule has 0 unspecified atom stereocenters. The van der Waals surface area contributed by atoms with Crippen LogP contribution < -0.4 is 15.4 Å². The van der Waals surface area contributed by atoms with Crippen LogP contribution in [0.5, 0.6) is 5.75 Å². The Kier molecular flexibility index (Phi) is 5.86. The number of carbonyl (C=O) groups excluding carboxylic acids is 1. The Balaban J connectivity index is 1.98. The molecule has 23 heavy (non-hydrogen) atoms. The van der Waals surface area contributed by atoms with E-state index in [1.807, 2.05) is 0 Å². The van der Waals surface area contributed by atoms with Crippen molar-refractivity contribution < 1.29 is 14.5 Å². The Labute approximate surface area is 139 Å². The van der Waals surface area contributed by atoms with E-state index in [2.05, 4.69) is 10.6 Å². The third-order valence-corrected chi connectivity index (χ3v) is 4.05. The maximum Gasteiger partial charge on any atom is 0.312 e. The van der Waals surface area contributed by atoms with Gasteiger partial charge in [0.25, 0.3) is 0 Å². The molecule has 8 heteroatoms. The first-order valence-corrected chi connectivity index (χ1v) is 7.86. The molecule has 2 rings (SSSR count). The number of carbonyl (C=O) groups is 1. The lowest BCUT2D eigenvalue weighted by molar-refractivity contribution is -0.385. The average molecular weight is 337 g/mol. The van der Waals surface area contributed by atoms with Gasteiger partial charge in [-0.25, -0.2) is 0 Å². The number of amides is 1. The minimum Gasteiger partial charge on any atom is -0.490 e. The summed E-state index contributed by atoms with van der Waals surface area (Å²) in [7, 11) is 1.37. The van der Waals surface area contributed by atoms with Crippen molar-refractivity contribution in [1.82, 2.24) is 5.32 Å². The fraction of sp³-hybridized carbons (Fsp3) is 0.467. The van der Waals surface area contributed by atoms with Crippen molar-refractivity contribution in [2.75, 3.05) is 12.4 Å². The van der Waals surface area contributed by atoms with E-state index in [9.17, 15) is 14.9 Å². The number of nitrogens with zero attached hydrogens (tertiary/aromatic N) is 1. The first kappa shape index (κ1) is 17.1. The van der Waals surface area contributed by atoms with Gasteiger partial charge < -0.3 is 15.4 Å². The highest BCUT2D eigenvalue weighted by Gasteiger charge is 2.22. The number of nitro benzene ring substituents is 1. The smallest absolute Gasteiger partial charge is 0.312 e. The topological polar surface area (TPSA) is 93.5 Å². The molecule has 124 valence electrons. The summed E-state index contributed by atoms with van der Waals surface area (Å²) in [5.74, 6) is 0.0663. The molecule has 1 aromatic rings. The van der Waals surface area contributed by atoms with Crippen LogP contribution in [0, 0.1) is 16.0 Å². The van der Waals surface area contributed by atoms with Gasteiger partial charge in [-0.05, 0) is 37.2 Å². The van der Waals surface area contributed by atoms with Crippen LogP contribution in [0.3, 0.4) is 0 Å². The van der Waals surface area contributed by atoms with Gasteiger partial charge in [0.2, 0.25) is 5.91 Å². The summed E-state index contributed by atoms with van der Waals surface area (Å²) in [6.07, 6.45) is 5.04. The van der Waals surface area contributed by atoms with Crippen LogP contribution in [-0.2, 0) is 4.79 Å². The molecular weight excluding hydrogens is 318 g/mol. The average Bonchev–Trinajstić information content (AvgIpc) is 2.55. The maximum atomic E-state index is 12.1. The van der Waals surface area contributed by atoms with Gasteiger partial charge in [-0.2, -0.15) is 0 Å². The maximum absolute atomic E-state index is 12.1. The second-order valence-electron chi connectivity index (χ2n) is 5.42. The summed E-state index contributed by atoms with van der Waals surface area (Å²) >= 11 is 5.11. The normalized spacial score (nSPS) is 14.8. The van der Waals surface area contributed by atoms with E-state index in [1.54, 1.807) is 6.07 Å². The van der Waals surface area contributed by atoms with E-state index in [1.165, 1.54) is 25.7 Å². The van der Waals surface area contributed by atoms with E-state index in [4.69, 9.17) is 17.0 Å². The van der Waals surface area contributed by atoms with E-state index >= 15 is 0 Å². The predicted molar refractivity (Wildman–Crippen MR) is 90.6 cm³/mol. The number of nitrogens with one attached hydrogen (secondary N) is 2. The van der Waals surface area contributed by atoms with Crippen molar-refractivity contribution in [2.24, 2.45) is 5.92 Å². The summed E-state index contributed by atoms with van der Waals surface area (Å²) < 4.78 is 4.94. The molecule has 2 N–H and O–H groups in total. The van der Waals surface area contributed by atoms with Gasteiger partial charge in [-0.1, -0.05) is 19.3 Å². The number of thiocarbonyl (C=S) groups is 1. The molecule has 0 radical (unpaired) electrons. The zero-order valence-corrected chi connectivity index (χ0v) is 13.6. The van der Waals surface area contributed by atoms with E-state index < -0.39 is 4.92 Å². The summed E-state index contributed by atoms with van der Waals surface area (Å²) in [5, 5.41) is 16.6. The Bertz CT molecular complexity index is 615. The van der Waals surface area contributed by atoms with Gasteiger partial charge >= 0.3 is 5.69 Å². The number of anilines is 1. The molecule has 1 amide bonds. The Hall–Kier alpha value is -2.22. The summed E-state index contributed by atoms with van der Waals surface area (Å²) in [5.41, 5.74) is 0.255. The molecule has 1 aliphatic carbocycles. The highest BCUT2D eigenvalue weighted by Crippen LogP contribution is 2.29. The van der Waals surface area contributed by atoms with Crippen LogP contribution in [0.2, 0.25) is 0 Å². The van der Waals surface area contributed by atoms with Gasteiger partial charge in [0.15, 0.2) is 10.9 Å². The SMILES string of the molecule is COc1ccc(NC(=S)NC(=O)C2CCCCC2)cc1[N+](=O)[O-]. The molecule has 0 atom stereocenters. The van der Waals surface area contributed by atoms with E-state index in [0.29, 0.717) is 5.69 Å². The van der Waals surface area contributed by atoms with Crippen molar-refractivity contribution >= 4 is 34.6 Å². The molecule has 0 heterocycles. The third kappa shape index (κ3) is 4.62. The van der Waals surface area contributed by atoms with Crippen LogP contribution in [-0.4, -0.2) is 23.1 Å². The molecule has 0 saturated heterocycles. The highest BCUT2D eigenvalue weighted by atomic mass is 32.1. The Morgan fingerprint density at radius 3 is 2.65 bits per heavy atom. The fourth-order valence-corrected chi connectivity index (χ4v) is 2.87. The molecule has 7 nitrogen and oxygen atoms in total. The molecule has 1 saturated carbocycles. The molecule has 0 bridgehead atoms. The lowest BCUT2D eigenvalue weighted by atomic mass is 9.89. The molecule has 0 aromatic heterocycles. The summed E-state index contributed by atoms with van der Waals surface area (Å²) in [4.78, 5) is 22.6. The largest absolute Gasteiger partial charge is 0.490 e. The number of benzene rings is 1. The first-order valence-electron chi connectivity index (χ1n) is 7.45. The number of rotatable bonds is 4. The number of nitro groups is 1. The lowest BCUT2D eigenvalue weighted by Gasteiger charge is -2.21. The zero-order valence-electron chi connectivity index (χ0n) is 12.8. The molecule has 1 aliphatic rings. The van der Waals surface area contributed by atoms with Crippen molar-refractivity contribution in [3.8, 4) is 5.75 Å². The number of ether oxygens (including phenoxy) is 1. The molecule has 1 fully saturated rings. The number of methoxy groups -OCH3 is 1. The van der Waals surface area contributed by atoms with Crippen molar-refractivity contribution in [1.29, 1.82) is 0 Å². The summed E-state index contributed by atoms with van der Waals surface area (Å²) in [6, 6.07) is 4.40. The monoisotopic (exact) mass is 337 g/mol. The molecule has 0 spiro atoms. The second kappa shape index (κ2) is 7.87. The van der Waals surface area contributed by atoms with Gasteiger partial charge in [0.05, 0.1) is 12.0 Å². The molecule has 0 aliphatic heterocycles. The van der Waals surface area contributed by atoms with Crippen LogP contribution in [0.4, 0.5) is 11.4 Å². The Morgan fingerprint density at radius 2 is 2.04 bits per heavy atom. The standard InChI is InChI=1S/C15H19N3O4S/c1-22-13-8-7-11(9-12(13)18(20)21)16-15(23)17-14(19)10-5-3-2-4-6-10/h7-10H,2-6H2,1H3,(H2,16,17,19,23). The Morgan fingerprint density at radius 1 is 1.35 bits per heavy atom. The number of hydrogen-bond acceptors (Lipinski definition) is 5. The van der Waals surface area contributed by atoms with E-state index in [-0.39, 0.29) is 28.4 Å². The number of hydrogen-bond donors (Lipinski definition) is 2. The minimum atomic E-state index is -0.534. The van der Waals surface area contributed by atoms with Crippen LogP contribution in [0.15, 0.2) is 18.2 Å². The van der Waals surface area contributed by atoms with Crippen molar-refractivity contribution in [2.45, 2.75) is 32.1 Å². The molecule has 1 aromatic carbocycles. The van der Waals surface area contributed by atoms with Gasteiger partial charge in [0.1, 0.15) is 0 Å². The molecular formula is C15H19N3O4S. The second-order valence-corrected chi connectivity index (χ2v) is 5.83. The van der Waals surface area contributed by atoms with E-state index in [0.717, 1.165) is 25.7 Å².